The first-order chi connectivity index (χ1) is 16.8. The van der Waals surface area contributed by atoms with E-state index in [4.69, 9.17) is 10.5 Å². The number of aromatic nitrogens is 1. The van der Waals surface area contributed by atoms with E-state index in [1.54, 1.807) is 41.8 Å². The third kappa shape index (κ3) is 4.22. The highest BCUT2D eigenvalue weighted by Gasteiger charge is 2.36. The van der Waals surface area contributed by atoms with Crippen LogP contribution < -0.4 is 20.3 Å². The molecule has 1 atom stereocenters. The summed E-state index contributed by atoms with van der Waals surface area (Å²) in [6.45, 7) is 1.95. The molecule has 0 radical (unpaired) electrons. The van der Waals surface area contributed by atoms with Crippen LogP contribution in [0.3, 0.4) is 0 Å². The molecule has 1 saturated heterocycles. The van der Waals surface area contributed by atoms with E-state index in [0.29, 0.717) is 28.9 Å². The number of nitrogens with one attached hydrogen (secondary N) is 1. The highest BCUT2D eigenvalue weighted by atomic mass is 32.2. The summed E-state index contributed by atoms with van der Waals surface area (Å²) >= 11 is 1.16. The number of aliphatic imine (C=N–C) groups is 1. The van der Waals surface area contributed by atoms with Gasteiger partial charge in [-0.1, -0.05) is 6.07 Å². The summed E-state index contributed by atoms with van der Waals surface area (Å²) in [6.07, 6.45) is 2.97. The van der Waals surface area contributed by atoms with Crippen LogP contribution in [0.4, 0.5) is 17.2 Å². The van der Waals surface area contributed by atoms with Crippen LogP contribution in [0.1, 0.15) is 18.4 Å². The van der Waals surface area contributed by atoms with Crippen LogP contribution in [0, 0.1) is 0 Å². The van der Waals surface area contributed by atoms with Gasteiger partial charge in [0.25, 0.3) is 0 Å². The second-order valence-electron chi connectivity index (χ2n) is 8.93. The Morgan fingerprint density at radius 1 is 1.20 bits per heavy atom. The van der Waals surface area contributed by atoms with Crippen LogP contribution >= 0.6 is 11.3 Å². The molecule has 186 valence electrons. The fourth-order valence-electron chi connectivity index (χ4n) is 4.80. The lowest BCUT2D eigenvalue weighted by atomic mass is 10.0. The third-order valence-corrected chi connectivity index (χ3v) is 9.82. The van der Waals surface area contributed by atoms with Crippen molar-refractivity contribution in [3.63, 3.8) is 0 Å². The number of ether oxygens (including phenoxy) is 1. The van der Waals surface area contributed by atoms with Crippen molar-refractivity contribution in [3.8, 4) is 5.75 Å². The van der Waals surface area contributed by atoms with Crippen molar-refractivity contribution < 1.29 is 13.2 Å². The molecule has 1 unspecified atom stereocenters. The molecule has 0 spiro atoms. The van der Waals surface area contributed by atoms with Crippen molar-refractivity contribution >= 4 is 43.4 Å². The van der Waals surface area contributed by atoms with E-state index in [1.807, 2.05) is 12.1 Å². The molecule has 9 nitrogen and oxygen atoms in total. The van der Waals surface area contributed by atoms with Gasteiger partial charge in [-0.05, 0) is 56.6 Å². The zero-order valence-corrected chi connectivity index (χ0v) is 21.6. The Hall–Kier alpha value is -2.86. The Bertz CT molecular complexity index is 1320. The molecule has 1 fully saturated rings. The quantitative estimate of drug-likeness (QED) is 0.538. The zero-order valence-electron chi connectivity index (χ0n) is 20.0. The molecule has 4 heterocycles. The number of nitrogens with two attached hydrogens (primary N) is 1. The van der Waals surface area contributed by atoms with Crippen LogP contribution in [-0.2, 0) is 9.84 Å². The molecule has 2 aromatic heterocycles. The molecule has 3 N–H and O–H groups in total. The van der Waals surface area contributed by atoms with E-state index in [9.17, 15) is 8.42 Å². The molecular weight excluding hydrogens is 484 g/mol. The predicted octanol–water partition coefficient (Wildman–Crippen LogP) is 3.23. The number of thiophene rings is 1. The van der Waals surface area contributed by atoms with Gasteiger partial charge in [0.1, 0.15) is 15.8 Å². The molecule has 0 amide bonds. The van der Waals surface area contributed by atoms with Gasteiger partial charge < -0.3 is 19.5 Å². The van der Waals surface area contributed by atoms with Crippen LogP contribution in [0.2, 0.25) is 0 Å². The summed E-state index contributed by atoms with van der Waals surface area (Å²) in [4.78, 5) is 14.0. The summed E-state index contributed by atoms with van der Waals surface area (Å²) < 4.78 is 32.5. The van der Waals surface area contributed by atoms with Gasteiger partial charge in [-0.2, -0.15) is 0 Å². The molecule has 0 aliphatic carbocycles. The van der Waals surface area contributed by atoms with E-state index in [-0.39, 0.29) is 9.25 Å². The van der Waals surface area contributed by atoms with Crippen molar-refractivity contribution in [1.29, 1.82) is 0 Å². The number of nitrogens with zero attached hydrogens (tertiary/aromatic N) is 4. The minimum Gasteiger partial charge on any atom is -0.494 e. The van der Waals surface area contributed by atoms with Crippen molar-refractivity contribution in [3.05, 3.63) is 53.5 Å². The molecule has 11 heteroatoms. The predicted molar refractivity (Wildman–Crippen MR) is 141 cm³/mol. The van der Waals surface area contributed by atoms with Gasteiger partial charge in [-0.15, -0.1) is 11.3 Å². The molecule has 0 saturated carbocycles. The second-order valence-corrected chi connectivity index (χ2v) is 12.0. The third-order valence-electron chi connectivity index (χ3n) is 6.71. The van der Waals surface area contributed by atoms with Gasteiger partial charge in [0.15, 0.2) is 11.3 Å². The molecule has 2 aliphatic rings. The van der Waals surface area contributed by atoms with Crippen molar-refractivity contribution in [2.24, 2.45) is 10.7 Å². The monoisotopic (exact) mass is 514 g/mol. The fraction of sp³-hybridized carbons (Fsp3) is 0.375. The van der Waals surface area contributed by atoms with E-state index in [2.05, 4.69) is 39.9 Å². The summed E-state index contributed by atoms with van der Waals surface area (Å²) in [5, 5.41) is 1.70. The van der Waals surface area contributed by atoms with E-state index >= 15 is 0 Å². The highest BCUT2D eigenvalue weighted by Crippen LogP contribution is 2.41. The van der Waals surface area contributed by atoms with E-state index < -0.39 is 16.1 Å². The smallest absolute Gasteiger partial charge is 0.233 e. The van der Waals surface area contributed by atoms with E-state index in [0.717, 1.165) is 43.0 Å². The van der Waals surface area contributed by atoms with Crippen molar-refractivity contribution in [2.75, 3.05) is 44.1 Å². The average molecular weight is 515 g/mol. The normalized spacial score (nSPS) is 19.1. The molecule has 3 aromatic rings. The van der Waals surface area contributed by atoms with Crippen molar-refractivity contribution in [2.45, 2.75) is 29.4 Å². The number of piperidine rings is 1. The van der Waals surface area contributed by atoms with Crippen LogP contribution in [0.25, 0.3) is 0 Å². The largest absolute Gasteiger partial charge is 0.494 e. The first-order valence-corrected chi connectivity index (χ1v) is 13.9. The Morgan fingerprint density at radius 3 is 2.63 bits per heavy atom. The maximum atomic E-state index is 13.3. The zero-order chi connectivity index (χ0) is 24.7. The number of H-pyrrole nitrogens is 1. The number of sulfone groups is 1. The lowest BCUT2D eigenvalue weighted by Gasteiger charge is -2.37. The Labute approximate surface area is 209 Å². The maximum absolute atomic E-state index is 13.3. The molecule has 2 aliphatic heterocycles. The Balaban J connectivity index is 1.48. The molecule has 35 heavy (non-hydrogen) atoms. The lowest BCUT2D eigenvalue weighted by molar-refractivity contribution is 0.249. The number of benzene rings is 1. The van der Waals surface area contributed by atoms with Gasteiger partial charge in [0.2, 0.25) is 9.84 Å². The Morgan fingerprint density at radius 2 is 1.97 bits per heavy atom. The second kappa shape index (κ2) is 9.30. The van der Waals surface area contributed by atoms with E-state index in [1.165, 1.54) is 0 Å². The molecule has 0 bridgehead atoms. The Kier molecular flexibility index (Phi) is 6.34. The van der Waals surface area contributed by atoms with Gasteiger partial charge in [0, 0.05) is 37.1 Å². The maximum Gasteiger partial charge on any atom is 0.233 e. The number of hydrogen-bond acceptors (Lipinski definition) is 9. The van der Waals surface area contributed by atoms with Crippen molar-refractivity contribution in [1.82, 2.24) is 9.88 Å². The number of rotatable bonds is 5. The summed E-state index contributed by atoms with van der Waals surface area (Å²) in [6, 6.07) is 11.6. The first-order valence-electron chi connectivity index (χ1n) is 11.5. The highest BCUT2D eigenvalue weighted by molar-refractivity contribution is 8.08. The summed E-state index contributed by atoms with van der Waals surface area (Å²) in [5.41, 5.74) is 8.75. The first kappa shape index (κ1) is 23.9. The lowest BCUT2D eigenvalue weighted by Crippen LogP contribution is -2.43. The number of anilines is 3. The topological polar surface area (TPSA) is 107 Å². The van der Waals surface area contributed by atoms with Gasteiger partial charge in [0.05, 0.1) is 18.4 Å². The number of aromatic amines is 1. The fourth-order valence-corrected chi connectivity index (χ4v) is 7.31. The minimum atomic E-state index is -3.79. The minimum absolute atomic E-state index is 0.0284. The number of methoxy groups -OCH3 is 1. The van der Waals surface area contributed by atoms with Crippen LogP contribution in [0.15, 0.2) is 57.2 Å². The standard InChI is InChI=1S/C24H30N6O3S2/c1-28(2)16-9-12-29(13-10-16)17-6-7-19(20(15-17)33-3)30-22-18(8-11-26-22)23(27-24(30)25)35(31,32)21-5-4-14-34-21/h4-8,11,14-16,24,26H,9-10,12-13,25H2,1-3H3. The van der Waals surface area contributed by atoms with Crippen LogP contribution in [-0.4, -0.2) is 70.0 Å². The van der Waals surface area contributed by atoms with Crippen LogP contribution in [0.5, 0.6) is 5.75 Å². The van der Waals surface area contributed by atoms with Gasteiger partial charge in [-0.3, -0.25) is 10.6 Å². The molecular formula is C24H30N6O3S2. The number of hydrogen-bond donors (Lipinski definition) is 2. The summed E-state index contributed by atoms with van der Waals surface area (Å²) in [5.74, 6) is 1.22. The molecule has 1 aromatic carbocycles. The average Bonchev–Trinajstić information content (AvgIpc) is 3.56. The SMILES string of the molecule is COc1cc(N2CCC(N(C)C)CC2)ccc1N1c2[nH]ccc2C(S(=O)(=O)c2cccs2)=NC1N. The molecule has 5 rings (SSSR count). The van der Waals surface area contributed by atoms with Gasteiger partial charge >= 0.3 is 0 Å². The van der Waals surface area contributed by atoms with Gasteiger partial charge in [-0.25, -0.2) is 13.4 Å². The summed E-state index contributed by atoms with van der Waals surface area (Å²) in [7, 11) is 2.11. The number of fused-ring (bicyclic) bond motifs is 1.